The van der Waals surface area contributed by atoms with Gasteiger partial charge in [0.2, 0.25) is 0 Å². The van der Waals surface area contributed by atoms with Gasteiger partial charge in [-0.1, -0.05) is 15.9 Å². The van der Waals surface area contributed by atoms with Crippen molar-refractivity contribution in [2.24, 2.45) is 5.92 Å². The molecule has 17 heavy (non-hydrogen) atoms. The third-order valence-electron chi connectivity index (χ3n) is 2.98. The van der Waals surface area contributed by atoms with Crippen molar-refractivity contribution >= 4 is 21.8 Å². The first-order chi connectivity index (χ1) is 8.10. The molecule has 3 nitrogen and oxygen atoms in total. The van der Waals surface area contributed by atoms with E-state index in [4.69, 9.17) is 5.26 Å². The Morgan fingerprint density at radius 1 is 1.53 bits per heavy atom. The van der Waals surface area contributed by atoms with Crippen LogP contribution in [0.15, 0.2) is 22.7 Å². The first-order valence-corrected chi connectivity index (χ1v) is 6.41. The molecule has 1 aromatic rings. The molecule has 0 bridgehead atoms. The van der Waals surface area contributed by atoms with Crippen LogP contribution in [0.2, 0.25) is 0 Å². The Kier molecular flexibility index (Phi) is 3.49. The van der Waals surface area contributed by atoms with Gasteiger partial charge in [-0.3, -0.25) is 4.79 Å². The largest absolute Gasteiger partial charge is 0.349 e. The van der Waals surface area contributed by atoms with Crippen molar-refractivity contribution in [1.82, 2.24) is 5.32 Å². The molecule has 0 saturated heterocycles. The summed E-state index contributed by atoms with van der Waals surface area (Å²) in [6, 6.07) is 7.29. The predicted octanol–water partition coefficient (Wildman–Crippen LogP) is 2.85. The van der Waals surface area contributed by atoms with Gasteiger partial charge in [-0.05, 0) is 43.9 Å². The van der Waals surface area contributed by atoms with Gasteiger partial charge in [-0.25, -0.2) is 0 Å². The number of halogens is 1. The van der Waals surface area contributed by atoms with Crippen molar-refractivity contribution in [3.05, 3.63) is 33.8 Å². The molecule has 4 heteroatoms. The fraction of sp³-hybridized carbons (Fsp3) is 0.385. The Bertz CT molecular complexity index is 489. The van der Waals surface area contributed by atoms with Crippen LogP contribution < -0.4 is 5.32 Å². The Labute approximate surface area is 109 Å². The van der Waals surface area contributed by atoms with Crippen LogP contribution in [-0.4, -0.2) is 11.9 Å². The lowest BCUT2D eigenvalue weighted by atomic mass is 10.1. The summed E-state index contributed by atoms with van der Waals surface area (Å²) in [5.74, 6) is 0.517. The maximum absolute atomic E-state index is 12.0. The molecule has 0 radical (unpaired) electrons. The van der Waals surface area contributed by atoms with Crippen molar-refractivity contribution in [3.63, 3.8) is 0 Å². The molecule has 1 fully saturated rings. The molecule has 1 atom stereocenters. The van der Waals surface area contributed by atoms with Crippen LogP contribution in [0.4, 0.5) is 0 Å². The molecule has 0 aliphatic heterocycles. The Hall–Kier alpha value is -1.34. The molecule has 2 rings (SSSR count). The number of nitrogens with zero attached hydrogens (tertiary/aromatic N) is 1. The highest BCUT2D eigenvalue weighted by Crippen LogP contribution is 2.32. The van der Waals surface area contributed by atoms with Crippen molar-refractivity contribution in [1.29, 1.82) is 5.26 Å². The van der Waals surface area contributed by atoms with Crippen molar-refractivity contribution in [2.75, 3.05) is 0 Å². The summed E-state index contributed by atoms with van der Waals surface area (Å²) in [6.45, 7) is 2.03. The predicted molar refractivity (Wildman–Crippen MR) is 68.5 cm³/mol. The maximum atomic E-state index is 12.0. The lowest BCUT2D eigenvalue weighted by Crippen LogP contribution is -2.34. The summed E-state index contributed by atoms with van der Waals surface area (Å²) in [7, 11) is 0. The second-order valence-corrected chi connectivity index (χ2v) is 5.36. The first-order valence-electron chi connectivity index (χ1n) is 5.61. The molecule has 1 aliphatic carbocycles. The molecule has 88 valence electrons. The molecule has 0 aromatic heterocycles. The van der Waals surface area contributed by atoms with E-state index in [2.05, 4.69) is 21.2 Å². The lowest BCUT2D eigenvalue weighted by Gasteiger charge is -2.12. The van der Waals surface area contributed by atoms with E-state index in [0.717, 1.165) is 4.47 Å². The van der Waals surface area contributed by atoms with E-state index >= 15 is 0 Å². The number of carbonyl (C=O) groups is 1. The number of rotatable bonds is 3. The van der Waals surface area contributed by atoms with Crippen molar-refractivity contribution in [3.8, 4) is 6.07 Å². The third kappa shape index (κ3) is 3.07. The highest BCUT2D eigenvalue weighted by molar-refractivity contribution is 9.10. The zero-order chi connectivity index (χ0) is 12.4. The van der Waals surface area contributed by atoms with Gasteiger partial charge in [0.25, 0.3) is 5.91 Å². The smallest absolute Gasteiger partial charge is 0.251 e. The van der Waals surface area contributed by atoms with Crippen molar-refractivity contribution < 1.29 is 4.79 Å². The number of hydrogen-bond donors (Lipinski definition) is 1. The van der Waals surface area contributed by atoms with Crippen LogP contribution in [0.1, 0.15) is 35.7 Å². The molecule has 1 unspecified atom stereocenters. The second-order valence-electron chi connectivity index (χ2n) is 4.44. The summed E-state index contributed by atoms with van der Waals surface area (Å²) < 4.78 is 0.751. The molecular weight excluding hydrogens is 280 g/mol. The molecule has 1 aliphatic rings. The number of hydrogen-bond acceptors (Lipinski definition) is 2. The van der Waals surface area contributed by atoms with Gasteiger partial charge in [0, 0.05) is 16.1 Å². The average molecular weight is 293 g/mol. The molecule has 0 heterocycles. The number of nitriles is 1. The summed E-state index contributed by atoms with van der Waals surface area (Å²) in [6.07, 6.45) is 2.40. The van der Waals surface area contributed by atoms with Gasteiger partial charge in [0.15, 0.2) is 0 Å². The van der Waals surface area contributed by atoms with Crippen LogP contribution >= 0.6 is 15.9 Å². The van der Waals surface area contributed by atoms with Crippen LogP contribution in [0, 0.1) is 17.2 Å². The fourth-order valence-corrected chi connectivity index (χ4v) is 2.28. The van der Waals surface area contributed by atoms with Crippen molar-refractivity contribution in [2.45, 2.75) is 25.8 Å². The van der Waals surface area contributed by atoms with E-state index in [1.807, 2.05) is 13.0 Å². The van der Waals surface area contributed by atoms with E-state index in [-0.39, 0.29) is 11.9 Å². The Morgan fingerprint density at radius 3 is 2.82 bits per heavy atom. The third-order valence-corrected chi connectivity index (χ3v) is 3.43. The van der Waals surface area contributed by atoms with Gasteiger partial charge < -0.3 is 5.32 Å². The van der Waals surface area contributed by atoms with Gasteiger partial charge in [0.1, 0.15) is 0 Å². The normalized spacial score (nSPS) is 16.1. The monoisotopic (exact) mass is 292 g/mol. The van der Waals surface area contributed by atoms with Crippen LogP contribution in [0.5, 0.6) is 0 Å². The van der Waals surface area contributed by atoms with E-state index in [1.54, 1.807) is 18.2 Å². The summed E-state index contributed by atoms with van der Waals surface area (Å²) in [5.41, 5.74) is 1.02. The van der Waals surface area contributed by atoms with Crippen LogP contribution in [0.25, 0.3) is 0 Å². The molecule has 0 spiro atoms. The molecule has 1 N–H and O–H groups in total. The van der Waals surface area contributed by atoms with E-state index in [1.165, 1.54) is 12.8 Å². The topological polar surface area (TPSA) is 52.9 Å². The van der Waals surface area contributed by atoms with E-state index in [9.17, 15) is 4.79 Å². The summed E-state index contributed by atoms with van der Waals surface area (Å²) in [4.78, 5) is 12.0. The average Bonchev–Trinajstić information content (AvgIpc) is 3.11. The van der Waals surface area contributed by atoms with Crippen LogP contribution in [0.3, 0.4) is 0 Å². The van der Waals surface area contributed by atoms with Crippen LogP contribution in [-0.2, 0) is 0 Å². The summed E-state index contributed by atoms with van der Waals surface area (Å²) in [5, 5.41) is 11.8. The number of carbonyl (C=O) groups excluding carboxylic acids is 1. The SMILES string of the molecule is CC(NC(=O)c1cc(Br)cc(C#N)c1)C1CC1. The Morgan fingerprint density at radius 2 is 2.24 bits per heavy atom. The number of amides is 1. The highest BCUT2D eigenvalue weighted by Gasteiger charge is 2.29. The zero-order valence-electron chi connectivity index (χ0n) is 9.53. The standard InChI is InChI=1S/C13H13BrN2O/c1-8(10-2-3-10)16-13(17)11-4-9(7-15)5-12(14)6-11/h4-6,8,10H,2-3H2,1H3,(H,16,17). The minimum Gasteiger partial charge on any atom is -0.349 e. The van der Waals surface area contributed by atoms with Gasteiger partial charge in [-0.15, -0.1) is 0 Å². The molecular formula is C13H13BrN2O. The minimum atomic E-state index is -0.109. The van der Waals surface area contributed by atoms with Gasteiger partial charge in [-0.2, -0.15) is 5.26 Å². The molecule has 1 aromatic carbocycles. The number of benzene rings is 1. The zero-order valence-corrected chi connectivity index (χ0v) is 11.1. The Balaban J connectivity index is 2.12. The fourth-order valence-electron chi connectivity index (χ4n) is 1.79. The quantitative estimate of drug-likeness (QED) is 0.931. The molecule has 1 amide bonds. The van der Waals surface area contributed by atoms with Gasteiger partial charge in [0.05, 0.1) is 11.6 Å². The van der Waals surface area contributed by atoms with Gasteiger partial charge >= 0.3 is 0 Å². The minimum absolute atomic E-state index is 0.109. The second kappa shape index (κ2) is 4.89. The number of nitrogens with one attached hydrogen (secondary N) is 1. The van der Waals surface area contributed by atoms with E-state index < -0.39 is 0 Å². The highest BCUT2D eigenvalue weighted by atomic mass is 79.9. The lowest BCUT2D eigenvalue weighted by molar-refractivity contribution is 0.0935. The molecule has 1 saturated carbocycles. The summed E-state index contributed by atoms with van der Waals surface area (Å²) >= 11 is 3.30. The maximum Gasteiger partial charge on any atom is 0.251 e. The van der Waals surface area contributed by atoms with E-state index in [0.29, 0.717) is 17.0 Å². The first kappa shape index (κ1) is 12.1.